The number of halogens is 1. The van der Waals surface area contributed by atoms with E-state index >= 15 is 0 Å². The Hall–Kier alpha value is -2.88. The minimum atomic E-state index is -0.230. The molecule has 1 saturated heterocycles. The minimum Gasteiger partial charge on any atom is -0.496 e. The Morgan fingerprint density at radius 3 is 2.57 bits per heavy atom. The predicted molar refractivity (Wildman–Crippen MR) is 143 cm³/mol. The molecule has 0 unspecified atom stereocenters. The monoisotopic (exact) mass is 552 g/mol. The van der Waals surface area contributed by atoms with Crippen molar-refractivity contribution in [2.45, 2.75) is 26.1 Å². The first-order valence-electron chi connectivity index (χ1n) is 11.3. The van der Waals surface area contributed by atoms with E-state index in [-0.39, 0.29) is 18.1 Å². The summed E-state index contributed by atoms with van der Waals surface area (Å²) in [5.74, 6) is 0.510. The maximum absolute atomic E-state index is 12.9. The van der Waals surface area contributed by atoms with Crippen LogP contribution in [0, 0.1) is 0 Å². The number of carbonyl (C=O) groups excluding carboxylic acids is 1. The summed E-state index contributed by atoms with van der Waals surface area (Å²) in [7, 11) is 1.64. The normalized spacial score (nSPS) is 21.5. The van der Waals surface area contributed by atoms with Crippen molar-refractivity contribution in [2.24, 2.45) is 4.99 Å². The van der Waals surface area contributed by atoms with Crippen molar-refractivity contribution < 1.29 is 14.3 Å². The molecule has 35 heavy (non-hydrogen) atoms. The molecule has 0 saturated carbocycles. The van der Waals surface area contributed by atoms with Crippen molar-refractivity contribution in [3.05, 3.63) is 69.7 Å². The van der Waals surface area contributed by atoms with Gasteiger partial charge in [0.15, 0.2) is 5.17 Å². The summed E-state index contributed by atoms with van der Waals surface area (Å²) in [6.45, 7) is 5.51. The lowest BCUT2D eigenvalue weighted by atomic mass is 10.1. The number of aliphatic imine (C=N–C) groups is 1. The third-order valence-corrected chi connectivity index (χ3v) is 7.44. The number of rotatable bonds is 4. The second-order valence-corrected chi connectivity index (χ2v) is 10.4. The molecule has 1 amide bonds. The number of carbonyl (C=O) groups is 1. The van der Waals surface area contributed by atoms with Crippen molar-refractivity contribution in [2.75, 3.05) is 20.2 Å². The average molecular weight is 553 g/mol. The molecule has 2 aliphatic heterocycles. The van der Waals surface area contributed by atoms with Crippen LogP contribution in [0.4, 0.5) is 0 Å². The van der Waals surface area contributed by atoms with Gasteiger partial charge in [0.1, 0.15) is 11.4 Å². The molecule has 3 heterocycles. The van der Waals surface area contributed by atoms with E-state index in [0.717, 1.165) is 37.9 Å². The van der Waals surface area contributed by atoms with Gasteiger partial charge in [-0.05, 0) is 77.9 Å². The SMILES string of the molecule is COc1ccc(-c2nn(-c3ccccc3)cc2/C=C2\SC(N3C[C@H](C)O[C@@H](C)C3)=NC2=O)cc1Br. The Bertz CT molecular complexity index is 1310. The van der Waals surface area contributed by atoms with Crippen LogP contribution in [0.15, 0.2) is 69.1 Å². The third kappa shape index (κ3) is 5.07. The van der Waals surface area contributed by atoms with Gasteiger partial charge in [-0.25, -0.2) is 4.68 Å². The fourth-order valence-electron chi connectivity index (χ4n) is 4.25. The Morgan fingerprint density at radius 1 is 1.14 bits per heavy atom. The molecular weight excluding hydrogens is 528 g/mol. The number of aromatic nitrogens is 2. The highest BCUT2D eigenvalue weighted by molar-refractivity contribution is 9.10. The fraction of sp³-hybridized carbons (Fsp3) is 0.269. The molecule has 1 aromatic heterocycles. The maximum atomic E-state index is 12.9. The molecule has 2 atom stereocenters. The lowest BCUT2D eigenvalue weighted by Crippen LogP contribution is -2.47. The number of benzene rings is 2. The van der Waals surface area contributed by atoms with Gasteiger partial charge in [-0.1, -0.05) is 18.2 Å². The van der Waals surface area contributed by atoms with Crippen LogP contribution in [0.2, 0.25) is 0 Å². The van der Waals surface area contributed by atoms with Crippen molar-refractivity contribution in [3.8, 4) is 22.7 Å². The highest BCUT2D eigenvalue weighted by Crippen LogP contribution is 2.36. The fourth-order valence-corrected chi connectivity index (χ4v) is 5.72. The molecule has 2 aromatic carbocycles. The Kier molecular flexibility index (Phi) is 6.82. The van der Waals surface area contributed by atoms with Crippen molar-refractivity contribution >= 4 is 44.8 Å². The molecule has 7 nitrogen and oxygen atoms in total. The number of morpholine rings is 1. The standard InChI is InChI=1S/C26H25BrN4O3S/c1-16-13-30(14-17(2)34-16)26-28-25(32)23(35-26)12-19-15-31(20-7-5-4-6-8-20)29-24(19)18-9-10-22(33-3)21(27)11-18/h4-12,15-17H,13-14H2,1-3H3/b23-12-/t16-,17-/m0/s1. The van der Waals surface area contributed by atoms with Gasteiger partial charge in [0.25, 0.3) is 5.91 Å². The zero-order valence-electron chi connectivity index (χ0n) is 19.6. The molecular formula is C26H25BrN4O3S. The zero-order chi connectivity index (χ0) is 24.5. The minimum absolute atomic E-state index is 0.0920. The number of para-hydroxylation sites is 1. The summed E-state index contributed by atoms with van der Waals surface area (Å²) < 4.78 is 13.9. The van der Waals surface area contributed by atoms with E-state index in [0.29, 0.717) is 18.0 Å². The second-order valence-electron chi connectivity index (χ2n) is 8.53. The number of hydrogen-bond donors (Lipinski definition) is 0. The Balaban J connectivity index is 1.51. The van der Waals surface area contributed by atoms with E-state index in [1.165, 1.54) is 11.8 Å². The summed E-state index contributed by atoms with van der Waals surface area (Å²) in [6.07, 6.45) is 4.01. The molecule has 1 fully saturated rings. The summed E-state index contributed by atoms with van der Waals surface area (Å²) in [5, 5.41) is 5.60. The van der Waals surface area contributed by atoms with E-state index in [1.807, 2.05) is 79.3 Å². The van der Waals surface area contributed by atoms with E-state index in [9.17, 15) is 4.79 Å². The van der Waals surface area contributed by atoms with E-state index in [2.05, 4.69) is 25.8 Å². The molecule has 180 valence electrons. The first-order chi connectivity index (χ1) is 16.9. The molecule has 5 rings (SSSR count). The van der Waals surface area contributed by atoms with Crippen LogP contribution in [-0.2, 0) is 9.53 Å². The number of ether oxygens (including phenoxy) is 2. The summed E-state index contributed by atoms with van der Waals surface area (Å²) in [6, 6.07) is 15.7. The molecule has 0 radical (unpaired) electrons. The Labute approximate surface area is 217 Å². The van der Waals surface area contributed by atoms with Crippen LogP contribution < -0.4 is 4.74 Å². The summed E-state index contributed by atoms with van der Waals surface area (Å²) >= 11 is 4.98. The molecule has 0 bridgehead atoms. The molecule has 0 spiro atoms. The second kappa shape index (κ2) is 10.0. The molecule has 0 aliphatic carbocycles. The van der Waals surface area contributed by atoms with E-state index in [4.69, 9.17) is 14.6 Å². The van der Waals surface area contributed by atoms with Gasteiger partial charge < -0.3 is 14.4 Å². The molecule has 2 aliphatic rings. The predicted octanol–water partition coefficient (Wildman–Crippen LogP) is 5.39. The first kappa shape index (κ1) is 23.8. The van der Waals surface area contributed by atoms with Crippen molar-refractivity contribution in [1.29, 1.82) is 0 Å². The van der Waals surface area contributed by atoms with Gasteiger partial charge in [-0.3, -0.25) is 4.79 Å². The molecule has 0 N–H and O–H groups in total. The quantitative estimate of drug-likeness (QED) is 0.404. The summed E-state index contributed by atoms with van der Waals surface area (Å²) in [4.78, 5) is 19.9. The lowest BCUT2D eigenvalue weighted by molar-refractivity contribution is -0.113. The topological polar surface area (TPSA) is 68.9 Å². The van der Waals surface area contributed by atoms with E-state index in [1.54, 1.807) is 7.11 Å². The van der Waals surface area contributed by atoms with E-state index < -0.39 is 0 Å². The number of amides is 1. The van der Waals surface area contributed by atoms with Gasteiger partial charge in [-0.2, -0.15) is 10.1 Å². The summed E-state index contributed by atoms with van der Waals surface area (Å²) in [5.41, 5.74) is 3.44. The molecule has 9 heteroatoms. The largest absolute Gasteiger partial charge is 0.496 e. The van der Waals surface area contributed by atoms with Crippen LogP contribution in [0.1, 0.15) is 19.4 Å². The third-order valence-electron chi connectivity index (χ3n) is 5.77. The van der Waals surface area contributed by atoms with Crippen molar-refractivity contribution in [3.63, 3.8) is 0 Å². The Morgan fingerprint density at radius 2 is 1.89 bits per heavy atom. The number of thioether (sulfide) groups is 1. The highest BCUT2D eigenvalue weighted by atomic mass is 79.9. The number of nitrogens with zero attached hydrogens (tertiary/aromatic N) is 4. The highest BCUT2D eigenvalue weighted by Gasteiger charge is 2.31. The van der Waals surface area contributed by atoms with Crippen molar-refractivity contribution in [1.82, 2.24) is 14.7 Å². The molecule has 3 aromatic rings. The van der Waals surface area contributed by atoms with Gasteiger partial charge >= 0.3 is 0 Å². The zero-order valence-corrected chi connectivity index (χ0v) is 22.0. The maximum Gasteiger partial charge on any atom is 0.286 e. The van der Waals surface area contributed by atoms with Gasteiger partial charge in [-0.15, -0.1) is 0 Å². The van der Waals surface area contributed by atoms with Gasteiger partial charge in [0.05, 0.1) is 34.4 Å². The lowest BCUT2D eigenvalue weighted by Gasteiger charge is -2.35. The van der Waals surface area contributed by atoms with Gasteiger partial charge in [0.2, 0.25) is 0 Å². The average Bonchev–Trinajstić information content (AvgIpc) is 3.43. The van der Waals surface area contributed by atoms with Crippen LogP contribution in [-0.4, -0.2) is 58.2 Å². The van der Waals surface area contributed by atoms with Gasteiger partial charge in [0, 0.05) is 30.4 Å². The number of methoxy groups -OCH3 is 1. The number of hydrogen-bond acceptors (Lipinski definition) is 6. The smallest absolute Gasteiger partial charge is 0.286 e. The first-order valence-corrected chi connectivity index (χ1v) is 12.9. The van der Waals surface area contributed by atoms with Crippen LogP contribution in [0.25, 0.3) is 23.0 Å². The van der Waals surface area contributed by atoms with Crippen LogP contribution in [0.3, 0.4) is 0 Å². The number of amidine groups is 1. The van der Waals surface area contributed by atoms with Crippen LogP contribution in [0.5, 0.6) is 5.75 Å². The van der Waals surface area contributed by atoms with Crippen LogP contribution >= 0.6 is 27.7 Å².